The van der Waals surface area contributed by atoms with Crippen LogP contribution in [-0.2, 0) is 0 Å². The molecular formula is C13H6Cl2F2N2. The van der Waals surface area contributed by atoms with E-state index < -0.39 is 11.6 Å². The van der Waals surface area contributed by atoms with Crippen LogP contribution in [0, 0.1) is 11.6 Å². The van der Waals surface area contributed by atoms with Crippen LogP contribution in [0.3, 0.4) is 0 Å². The SMILES string of the molecule is Fc1cccc(-c2cn3cc(Cl)cc(Cl)c3n2)c1F. The molecule has 0 aliphatic carbocycles. The Morgan fingerprint density at radius 2 is 1.89 bits per heavy atom. The van der Waals surface area contributed by atoms with Gasteiger partial charge in [-0.25, -0.2) is 13.8 Å². The van der Waals surface area contributed by atoms with E-state index in [2.05, 4.69) is 4.98 Å². The van der Waals surface area contributed by atoms with Crippen molar-refractivity contribution in [3.63, 3.8) is 0 Å². The van der Waals surface area contributed by atoms with E-state index in [1.54, 1.807) is 16.8 Å². The van der Waals surface area contributed by atoms with Crippen LogP contribution in [0.25, 0.3) is 16.9 Å². The van der Waals surface area contributed by atoms with E-state index in [4.69, 9.17) is 23.2 Å². The third-order valence-electron chi connectivity index (χ3n) is 2.70. The molecular weight excluding hydrogens is 293 g/mol. The monoisotopic (exact) mass is 298 g/mol. The highest BCUT2D eigenvalue weighted by Gasteiger charge is 2.14. The summed E-state index contributed by atoms with van der Waals surface area (Å²) in [5.41, 5.74) is 0.807. The summed E-state index contributed by atoms with van der Waals surface area (Å²) in [5.74, 6) is -1.85. The molecule has 0 unspecified atom stereocenters. The van der Waals surface area contributed by atoms with Crippen LogP contribution in [0.4, 0.5) is 8.78 Å². The highest BCUT2D eigenvalue weighted by atomic mass is 35.5. The molecule has 0 N–H and O–H groups in total. The number of pyridine rings is 1. The topological polar surface area (TPSA) is 17.3 Å². The van der Waals surface area contributed by atoms with E-state index in [1.165, 1.54) is 18.2 Å². The zero-order valence-electron chi connectivity index (χ0n) is 9.37. The number of benzene rings is 1. The number of fused-ring (bicyclic) bond motifs is 1. The summed E-state index contributed by atoms with van der Waals surface area (Å²) >= 11 is 11.9. The van der Waals surface area contributed by atoms with Crippen molar-refractivity contribution in [3.05, 3.63) is 58.3 Å². The minimum atomic E-state index is -0.937. The van der Waals surface area contributed by atoms with Gasteiger partial charge in [0.15, 0.2) is 17.3 Å². The third-order valence-corrected chi connectivity index (χ3v) is 3.19. The van der Waals surface area contributed by atoms with Gasteiger partial charge >= 0.3 is 0 Å². The summed E-state index contributed by atoms with van der Waals surface area (Å²) in [5, 5.41) is 0.775. The predicted molar refractivity (Wildman–Crippen MR) is 70.6 cm³/mol. The second-order valence-electron chi connectivity index (χ2n) is 3.96. The Balaban J connectivity index is 2.26. The minimum absolute atomic E-state index is 0.0795. The summed E-state index contributed by atoms with van der Waals surface area (Å²) < 4.78 is 28.5. The van der Waals surface area contributed by atoms with E-state index in [-0.39, 0.29) is 5.56 Å². The van der Waals surface area contributed by atoms with Crippen LogP contribution in [-0.4, -0.2) is 9.38 Å². The number of aromatic nitrogens is 2. The van der Waals surface area contributed by atoms with Crippen LogP contribution < -0.4 is 0 Å². The van der Waals surface area contributed by atoms with Gasteiger partial charge in [-0.15, -0.1) is 0 Å². The maximum absolute atomic E-state index is 13.7. The number of rotatable bonds is 1. The molecule has 2 heterocycles. The van der Waals surface area contributed by atoms with Crippen molar-refractivity contribution in [1.29, 1.82) is 0 Å². The Morgan fingerprint density at radius 3 is 2.68 bits per heavy atom. The molecule has 0 saturated heterocycles. The van der Waals surface area contributed by atoms with E-state index >= 15 is 0 Å². The molecule has 0 fully saturated rings. The molecule has 0 bridgehead atoms. The molecule has 19 heavy (non-hydrogen) atoms. The standard InChI is InChI=1S/C13H6Cl2F2N2/c14-7-4-9(15)13-18-11(6-19(13)5-7)8-2-1-3-10(16)12(8)17/h1-6H. The number of halogens is 4. The molecule has 3 rings (SSSR count). The zero-order valence-corrected chi connectivity index (χ0v) is 10.9. The van der Waals surface area contributed by atoms with Gasteiger partial charge < -0.3 is 4.40 Å². The lowest BCUT2D eigenvalue weighted by molar-refractivity contribution is 0.511. The van der Waals surface area contributed by atoms with Crippen molar-refractivity contribution in [2.45, 2.75) is 0 Å². The van der Waals surface area contributed by atoms with Crippen molar-refractivity contribution in [2.24, 2.45) is 0 Å². The van der Waals surface area contributed by atoms with Gasteiger partial charge in [-0.2, -0.15) is 0 Å². The van der Waals surface area contributed by atoms with Crippen molar-refractivity contribution in [3.8, 4) is 11.3 Å². The van der Waals surface area contributed by atoms with Crippen molar-refractivity contribution >= 4 is 28.8 Å². The first-order valence-electron chi connectivity index (χ1n) is 5.34. The molecule has 1 aromatic carbocycles. The Labute approximate surface area is 117 Å². The highest BCUT2D eigenvalue weighted by molar-refractivity contribution is 6.36. The maximum Gasteiger partial charge on any atom is 0.168 e. The molecule has 0 saturated carbocycles. The fraction of sp³-hybridized carbons (Fsp3) is 0. The quantitative estimate of drug-likeness (QED) is 0.642. The van der Waals surface area contributed by atoms with E-state index in [1.807, 2.05) is 0 Å². The molecule has 2 aromatic heterocycles. The van der Waals surface area contributed by atoms with Gasteiger partial charge in [0.1, 0.15) is 0 Å². The first-order valence-corrected chi connectivity index (χ1v) is 6.10. The lowest BCUT2D eigenvalue weighted by atomic mass is 10.1. The Bertz CT molecular complexity index is 784. The average molecular weight is 299 g/mol. The summed E-state index contributed by atoms with van der Waals surface area (Å²) in [4.78, 5) is 4.19. The van der Waals surface area contributed by atoms with Crippen molar-refractivity contribution in [1.82, 2.24) is 9.38 Å². The molecule has 0 spiro atoms. The molecule has 0 radical (unpaired) electrons. The zero-order chi connectivity index (χ0) is 13.6. The van der Waals surface area contributed by atoms with E-state index in [9.17, 15) is 8.78 Å². The van der Waals surface area contributed by atoms with Crippen LogP contribution in [0.1, 0.15) is 0 Å². The Kier molecular flexibility index (Phi) is 2.92. The van der Waals surface area contributed by atoms with Crippen LogP contribution >= 0.6 is 23.2 Å². The summed E-state index contributed by atoms with van der Waals surface area (Å²) in [6, 6.07) is 5.47. The summed E-state index contributed by atoms with van der Waals surface area (Å²) in [6.45, 7) is 0. The normalized spacial score (nSPS) is 11.2. The smallest absolute Gasteiger partial charge is 0.168 e. The van der Waals surface area contributed by atoms with Crippen LogP contribution in [0.5, 0.6) is 0 Å². The molecule has 0 aliphatic rings. The maximum atomic E-state index is 13.7. The molecule has 3 aromatic rings. The molecule has 0 aliphatic heterocycles. The number of hydrogen-bond donors (Lipinski definition) is 0. The fourth-order valence-corrected chi connectivity index (χ4v) is 2.38. The highest BCUT2D eigenvalue weighted by Crippen LogP contribution is 2.27. The van der Waals surface area contributed by atoms with E-state index in [0.717, 1.165) is 6.07 Å². The molecule has 0 atom stereocenters. The van der Waals surface area contributed by atoms with Gasteiger partial charge in [0.2, 0.25) is 0 Å². The van der Waals surface area contributed by atoms with Gasteiger partial charge in [0, 0.05) is 18.0 Å². The van der Waals surface area contributed by atoms with Gasteiger partial charge in [-0.1, -0.05) is 29.3 Å². The number of nitrogens with zero attached hydrogens (tertiary/aromatic N) is 2. The van der Waals surface area contributed by atoms with Gasteiger partial charge in [-0.3, -0.25) is 0 Å². The van der Waals surface area contributed by atoms with Crippen molar-refractivity contribution < 1.29 is 8.78 Å². The second kappa shape index (κ2) is 4.47. The van der Waals surface area contributed by atoms with Gasteiger partial charge in [0.25, 0.3) is 0 Å². The first-order chi connectivity index (χ1) is 9.06. The van der Waals surface area contributed by atoms with Crippen LogP contribution in [0.2, 0.25) is 10.0 Å². The lowest BCUT2D eigenvalue weighted by Crippen LogP contribution is -1.88. The first kappa shape index (κ1) is 12.4. The average Bonchev–Trinajstić information content (AvgIpc) is 2.76. The molecule has 6 heteroatoms. The number of imidazole rings is 1. The third kappa shape index (κ3) is 2.07. The second-order valence-corrected chi connectivity index (χ2v) is 4.81. The molecule has 96 valence electrons. The van der Waals surface area contributed by atoms with Crippen molar-refractivity contribution in [2.75, 3.05) is 0 Å². The lowest BCUT2D eigenvalue weighted by Gasteiger charge is -1.98. The Hall–Kier alpha value is -1.65. The fourth-order valence-electron chi connectivity index (χ4n) is 1.86. The van der Waals surface area contributed by atoms with E-state index in [0.29, 0.717) is 21.4 Å². The molecule has 2 nitrogen and oxygen atoms in total. The predicted octanol–water partition coefficient (Wildman–Crippen LogP) is 4.59. The van der Waals surface area contributed by atoms with Gasteiger partial charge in [0.05, 0.1) is 15.7 Å². The minimum Gasteiger partial charge on any atom is -0.304 e. The number of hydrogen-bond acceptors (Lipinski definition) is 1. The Morgan fingerprint density at radius 1 is 1.11 bits per heavy atom. The van der Waals surface area contributed by atoms with Crippen LogP contribution in [0.15, 0.2) is 36.7 Å². The molecule has 0 amide bonds. The summed E-state index contributed by atoms with van der Waals surface area (Å²) in [7, 11) is 0. The largest absolute Gasteiger partial charge is 0.304 e. The van der Waals surface area contributed by atoms with Gasteiger partial charge in [-0.05, 0) is 18.2 Å². The summed E-state index contributed by atoms with van der Waals surface area (Å²) in [6.07, 6.45) is 3.14.